The van der Waals surface area contributed by atoms with Gasteiger partial charge in [-0.25, -0.2) is 0 Å². The fraction of sp³-hybridized carbons (Fsp3) is 0.412. The van der Waals surface area contributed by atoms with Crippen LogP contribution in [0.15, 0.2) is 28.8 Å². The minimum Gasteiger partial charge on any atom is -0.339 e. The van der Waals surface area contributed by atoms with Gasteiger partial charge in [0.15, 0.2) is 11.5 Å². The third-order valence-corrected chi connectivity index (χ3v) is 4.79. The van der Waals surface area contributed by atoms with Crippen molar-refractivity contribution < 1.29 is 9.32 Å². The first kappa shape index (κ1) is 15.8. The molecule has 0 bridgehead atoms. The van der Waals surface area contributed by atoms with Crippen molar-refractivity contribution in [2.45, 2.75) is 44.2 Å². The first-order valence-electron chi connectivity index (χ1n) is 8.44. The molecule has 1 aliphatic rings. The van der Waals surface area contributed by atoms with E-state index < -0.39 is 11.6 Å². The predicted molar refractivity (Wildman–Crippen MR) is 90.6 cm³/mol. The smallest absolute Gasteiger partial charge is 0.273 e. The third-order valence-electron chi connectivity index (χ3n) is 4.79. The Morgan fingerprint density at radius 2 is 2.12 bits per heavy atom. The molecular formula is C17H20N6O2. The standard InChI is InChI=1S/C17H20N6O2/c1-10(15-20-16(23-25-15)17(18)8-4-5-9-17)19-14(24)13-11-6-2-3-7-12(11)21-22-13/h2-3,6-7,10H,4-5,8-9,18H2,1H3,(H,19,24)(H,21,22). The first-order chi connectivity index (χ1) is 12.1. The summed E-state index contributed by atoms with van der Waals surface area (Å²) >= 11 is 0. The Balaban J connectivity index is 1.51. The molecule has 4 rings (SSSR count). The molecule has 0 saturated heterocycles. The van der Waals surface area contributed by atoms with E-state index in [9.17, 15) is 4.79 Å². The van der Waals surface area contributed by atoms with E-state index >= 15 is 0 Å². The maximum atomic E-state index is 12.5. The molecule has 4 N–H and O–H groups in total. The maximum absolute atomic E-state index is 12.5. The van der Waals surface area contributed by atoms with E-state index in [1.54, 1.807) is 6.92 Å². The summed E-state index contributed by atoms with van der Waals surface area (Å²) in [7, 11) is 0. The Morgan fingerprint density at radius 3 is 2.92 bits per heavy atom. The van der Waals surface area contributed by atoms with Gasteiger partial charge in [0.25, 0.3) is 5.91 Å². The number of rotatable bonds is 4. The summed E-state index contributed by atoms with van der Waals surface area (Å²) in [6.07, 6.45) is 3.84. The molecule has 25 heavy (non-hydrogen) atoms. The second-order valence-corrected chi connectivity index (χ2v) is 6.63. The number of nitrogens with two attached hydrogens (primary N) is 1. The van der Waals surface area contributed by atoms with Gasteiger partial charge in [-0.2, -0.15) is 10.1 Å². The fourth-order valence-corrected chi connectivity index (χ4v) is 3.31. The fourth-order valence-electron chi connectivity index (χ4n) is 3.31. The zero-order valence-corrected chi connectivity index (χ0v) is 14.0. The highest BCUT2D eigenvalue weighted by Crippen LogP contribution is 2.34. The highest BCUT2D eigenvalue weighted by molar-refractivity contribution is 6.04. The zero-order valence-electron chi connectivity index (χ0n) is 14.0. The van der Waals surface area contributed by atoms with E-state index in [2.05, 4.69) is 25.7 Å². The van der Waals surface area contributed by atoms with E-state index in [1.807, 2.05) is 24.3 Å². The van der Waals surface area contributed by atoms with Crippen LogP contribution in [0.2, 0.25) is 0 Å². The number of carbonyl (C=O) groups excluding carboxylic acids is 1. The number of nitrogens with one attached hydrogen (secondary N) is 2. The van der Waals surface area contributed by atoms with Crippen LogP contribution >= 0.6 is 0 Å². The molecular weight excluding hydrogens is 320 g/mol. The molecule has 1 amide bonds. The van der Waals surface area contributed by atoms with Crippen LogP contribution in [0.1, 0.15) is 60.9 Å². The van der Waals surface area contributed by atoms with E-state index in [4.69, 9.17) is 10.3 Å². The summed E-state index contributed by atoms with van der Waals surface area (Å²) < 4.78 is 5.33. The minimum absolute atomic E-state index is 0.298. The van der Waals surface area contributed by atoms with Crippen LogP contribution in [0.3, 0.4) is 0 Å². The Labute approximate surface area is 144 Å². The van der Waals surface area contributed by atoms with Crippen molar-refractivity contribution in [3.05, 3.63) is 41.7 Å². The number of aromatic amines is 1. The number of hydrogen-bond donors (Lipinski definition) is 3. The number of para-hydroxylation sites is 1. The van der Waals surface area contributed by atoms with Crippen molar-refractivity contribution in [3.8, 4) is 0 Å². The summed E-state index contributed by atoms with van der Waals surface area (Å²) in [6.45, 7) is 1.79. The van der Waals surface area contributed by atoms with Gasteiger partial charge in [-0.3, -0.25) is 9.89 Å². The van der Waals surface area contributed by atoms with Crippen molar-refractivity contribution in [2.24, 2.45) is 5.73 Å². The molecule has 8 nitrogen and oxygen atoms in total. The molecule has 0 aliphatic heterocycles. The number of hydrogen-bond acceptors (Lipinski definition) is 6. The molecule has 1 saturated carbocycles. The molecule has 0 radical (unpaired) electrons. The molecule has 1 fully saturated rings. The van der Waals surface area contributed by atoms with E-state index in [-0.39, 0.29) is 5.91 Å². The monoisotopic (exact) mass is 340 g/mol. The summed E-state index contributed by atoms with van der Waals surface area (Å²) in [4.78, 5) is 16.9. The van der Waals surface area contributed by atoms with Gasteiger partial charge in [-0.1, -0.05) is 36.2 Å². The summed E-state index contributed by atoms with van der Waals surface area (Å²) in [5.74, 6) is 0.569. The molecule has 2 heterocycles. The second kappa shape index (κ2) is 5.96. The molecule has 1 aromatic carbocycles. The van der Waals surface area contributed by atoms with Crippen LogP contribution in [-0.2, 0) is 5.54 Å². The topological polar surface area (TPSA) is 123 Å². The van der Waals surface area contributed by atoms with Crippen LogP contribution in [-0.4, -0.2) is 26.2 Å². The molecule has 1 aliphatic carbocycles. The lowest BCUT2D eigenvalue weighted by atomic mass is 9.99. The van der Waals surface area contributed by atoms with Crippen molar-refractivity contribution in [1.82, 2.24) is 25.7 Å². The van der Waals surface area contributed by atoms with Crippen molar-refractivity contribution in [1.29, 1.82) is 0 Å². The van der Waals surface area contributed by atoms with Crippen molar-refractivity contribution in [2.75, 3.05) is 0 Å². The highest BCUT2D eigenvalue weighted by atomic mass is 16.5. The lowest BCUT2D eigenvalue weighted by molar-refractivity contribution is 0.0929. The van der Waals surface area contributed by atoms with Crippen LogP contribution < -0.4 is 11.1 Å². The molecule has 130 valence electrons. The van der Waals surface area contributed by atoms with Crippen LogP contribution in [0.5, 0.6) is 0 Å². The summed E-state index contributed by atoms with van der Waals surface area (Å²) in [5.41, 5.74) is 6.99. The predicted octanol–water partition coefficient (Wildman–Crippen LogP) is 2.16. The molecule has 1 atom stereocenters. The van der Waals surface area contributed by atoms with Gasteiger partial charge in [-0.15, -0.1) is 0 Å². The van der Waals surface area contributed by atoms with Gasteiger partial charge in [0.1, 0.15) is 6.04 Å². The molecule has 8 heteroatoms. The summed E-state index contributed by atoms with van der Waals surface area (Å²) in [5, 5.41) is 14.6. The molecule has 1 unspecified atom stereocenters. The second-order valence-electron chi connectivity index (χ2n) is 6.63. The van der Waals surface area contributed by atoms with Gasteiger partial charge in [0, 0.05) is 5.39 Å². The number of carbonyl (C=O) groups is 1. The van der Waals surface area contributed by atoms with Gasteiger partial charge >= 0.3 is 0 Å². The van der Waals surface area contributed by atoms with Crippen molar-refractivity contribution >= 4 is 16.8 Å². The Bertz CT molecular complexity index is 909. The molecule has 2 aromatic heterocycles. The Morgan fingerprint density at radius 1 is 1.36 bits per heavy atom. The number of H-pyrrole nitrogens is 1. The van der Waals surface area contributed by atoms with Crippen molar-refractivity contribution in [3.63, 3.8) is 0 Å². The Hall–Kier alpha value is -2.74. The molecule has 3 aromatic rings. The van der Waals surface area contributed by atoms with Crippen LogP contribution in [0, 0.1) is 0 Å². The third kappa shape index (κ3) is 2.78. The van der Waals surface area contributed by atoms with E-state index in [1.165, 1.54) is 0 Å². The highest BCUT2D eigenvalue weighted by Gasteiger charge is 2.36. The molecule has 0 spiro atoms. The maximum Gasteiger partial charge on any atom is 0.273 e. The van der Waals surface area contributed by atoms with Gasteiger partial charge in [0.2, 0.25) is 5.89 Å². The number of nitrogens with zero attached hydrogens (tertiary/aromatic N) is 3. The minimum atomic E-state index is -0.510. The van der Waals surface area contributed by atoms with Crippen LogP contribution in [0.4, 0.5) is 0 Å². The van der Waals surface area contributed by atoms with Gasteiger partial charge < -0.3 is 15.6 Å². The van der Waals surface area contributed by atoms with E-state index in [0.717, 1.165) is 36.6 Å². The average molecular weight is 340 g/mol. The lowest BCUT2D eigenvalue weighted by Crippen LogP contribution is -2.34. The quantitative estimate of drug-likeness (QED) is 0.669. The largest absolute Gasteiger partial charge is 0.339 e. The van der Waals surface area contributed by atoms with Gasteiger partial charge in [-0.05, 0) is 25.8 Å². The first-order valence-corrected chi connectivity index (χ1v) is 8.44. The Kier molecular flexibility index (Phi) is 3.76. The lowest BCUT2D eigenvalue weighted by Gasteiger charge is -2.17. The number of aromatic nitrogens is 4. The normalized spacial score (nSPS) is 17.7. The number of fused-ring (bicyclic) bond motifs is 1. The number of amides is 1. The summed E-state index contributed by atoms with van der Waals surface area (Å²) in [6, 6.07) is 7.03. The SMILES string of the molecule is CC(NC(=O)c1n[nH]c2ccccc12)c1nc(C2(N)CCCC2)no1. The van der Waals surface area contributed by atoms with Gasteiger partial charge in [0.05, 0.1) is 11.1 Å². The van der Waals surface area contributed by atoms with Crippen LogP contribution in [0.25, 0.3) is 10.9 Å². The zero-order chi connectivity index (χ0) is 17.4. The van der Waals surface area contributed by atoms with E-state index in [0.29, 0.717) is 17.4 Å². The average Bonchev–Trinajstić information content (AvgIpc) is 3.34. The number of benzene rings is 1.